The first-order valence-corrected chi connectivity index (χ1v) is 11.6. The first-order chi connectivity index (χ1) is 17.4. The molecule has 3 rings (SSSR count). The maximum Gasteiger partial charge on any atom is 0.143 e. The summed E-state index contributed by atoms with van der Waals surface area (Å²) in [7, 11) is 2.98. The van der Waals surface area contributed by atoms with E-state index in [0.29, 0.717) is 36.4 Å². The second-order valence-corrected chi connectivity index (χ2v) is 8.37. The van der Waals surface area contributed by atoms with Crippen molar-refractivity contribution in [2.45, 2.75) is 31.9 Å². The number of aliphatic hydroxyl groups excluding tert-OH is 1. The molecule has 1 aliphatic rings. The second kappa shape index (κ2) is 12.4. The molecule has 0 bridgehead atoms. The molecule has 0 amide bonds. The van der Waals surface area contributed by atoms with Gasteiger partial charge < -0.3 is 24.4 Å². The van der Waals surface area contributed by atoms with Crippen LogP contribution in [-0.4, -0.2) is 55.7 Å². The highest BCUT2D eigenvalue weighted by molar-refractivity contribution is 6.01. The smallest absolute Gasteiger partial charge is 0.143 e. The van der Waals surface area contributed by atoms with Gasteiger partial charge in [0.15, 0.2) is 0 Å². The zero-order valence-corrected chi connectivity index (χ0v) is 20.7. The van der Waals surface area contributed by atoms with Crippen LogP contribution in [0.3, 0.4) is 0 Å². The number of anilines is 1. The summed E-state index contributed by atoms with van der Waals surface area (Å²) >= 11 is 0. The molecule has 2 aromatic carbocycles. The van der Waals surface area contributed by atoms with Gasteiger partial charge >= 0.3 is 0 Å². The minimum Gasteiger partial charge on any atom is -0.495 e. The normalized spacial score (nSPS) is 16.9. The van der Waals surface area contributed by atoms with Crippen LogP contribution >= 0.6 is 0 Å². The Kier molecular flexibility index (Phi) is 9.32. The monoisotopic (exact) mass is 498 g/mol. The van der Waals surface area contributed by atoms with Gasteiger partial charge in [0, 0.05) is 25.9 Å². The van der Waals surface area contributed by atoms with E-state index in [0.717, 1.165) is 17.2 Å². The number of ether oxygens (including phenoxy) is 2. The highest BCUT2D eigenvalue weighted by Gasteiger charge is 2.34. The predicted octanol–water partition coefficient (Wildman–Crippen LogP) is 5.13. The van der Waals surface area contributed by atoms with Gasteiger partial charge in [0.2, 0.25) is 0 Å². The fraction of sp³-hybridized carbons (Fsp3) is 0.333. The van der Waals surface area contributed by atoms with E-state index in [1.54, 1.807) is 23.1 Å². The van der Waals surface area contributed by atoms with E-state index in [2.05, 4.69) is 0 Å². The summed E-state index contributed by atoms with van der Waals surface area (Å²) in [6.45, 7) is 1.95. The van der Waals surface area contributed by atoms with Crippen LogP contribution in [0.25, 0.3) is 6.08 Å². The average molecular weight is 499 g/mol. The molecule has 1 saturated heterocycles. The fourth-order valence-electron chi connectivity index (χ4n) is 4.47. The third-order valence-electron chi connectivity index (χ3n) is 6.11. The van der Waals surface area contributed by atoms with E-state index in [1.165, 1.54) is 25.6 Å². The largest absolute Gasteiger partial charge is 0.495 e. The van der Waals surface area contributed by atoms with Gasteiger partial charge in [-0.1, -0.05) is 12.1 Å². The highest BCUT2D eigenvalue weighted by atomic mass is 19.1. The Morgan fingerprint density at radius 3 is 2.47 bits per heavy atom. The molecule has 1 heterocycles. The second-order valence-electron chi connectivity index (χ2n) is 8.37. The number of methoxy groups -OCH3 is 2. The van der Waals surface area contributed by atoms with Crippen LogP contribution in [0.4, 0.5) is 14.5 Å². The van der Waals surface area contributed by atoms with Crippen molar-refractivity contribution in [1.29, 1.82) is 10.8 Å². The summed E-state index contributed by atoms with van der Waals surface area (Å²) in [5.74, 6) is -0.695. The average Bonchev–Trinajstić information content (AvgIpc) is 2.87. The van der Waals surface area contributed by atoms with Gasteiger partial charge in [0.25, 0.3) is 0 Å². The Hall–Kier alpha value is -3.56. The first kappa shape index (κ1) is 27.0. The minimum atomic E-state index is -0.788. The zero-order valence-electron chi connectivity index (χ0n) is 20.7. The van der Waals surface area contributed by atoms with E-state index in [1.807, 2.05) is 37.3 Å². The molecule has 3 N–H and O–H groups in total. The maximum absolute atomic E-state index is 14.1. The number of rotatable bonds is 10. The van der Waals surface area contributed by atoms with Gasteiger partial charge in [0.05, 0.1) is 31.8 Å². The molecule has 1 fully saturated rings. The van der Waals surface area contributed by atoms with Crippen molar-refractivity contribution in [1.82, 2.24) is 4.90 Å². The minimum absolute atomic E-state index is 0.199. The molecule has 0 unspecified atom stereocenters. The maximum atomic E-state index is 14.1. The number of benzene rings is 2. The number of aliphatic hydroxyl groups is 1. The molecule has 1 aliphatic heterocycles. The molecule has 2 atom stereocenters. The molecule has 0 radical (unpaired) electrons. The van der Waals surface area contributed by atoms with Crippen LogP contribution in [0, 0.1) is 22.5 Å². The number of piperidine rings is 1. The SMILES string of the molecule is C/C=C/N(C=N)c1ccc(/C=C2\CCCN([C@@H](c3cc(F)cc(F)c3)[C@@H](CO)OC)C2=N)cc1OC. The predicted molar refractivity (Wildman–Crippen MR) is 138 cm³/mol. The first-order valence-electron chi connectivity index (χ1n) is 11.6. The summed E-state index contributed by atoms with van der Waals surface area (Å²) in [6.07, 6.45) is 7.21. The zero-order chi connectivity index (χ0) is 26.2. The highest BCUT2D eigenvalue weighted by Crippen LogP contribution is 2.34. The van der Waals surface area contributed by atoms with Crippen molar-refractivity contribution in [3.05, 3.63) is 77.0 Å². The number of amidine groups is 1. The van der Waals surface area contributed by atoms with E-state index in [-0.39, 0.29) is 12.4 Å². The third kappa shape index (κ3) is 5.98. The van der Waals surface area contributed by atoms with Gasteiger partial charge in [-0.15, -0.1) is 0 Å². The van der Waals surface area contributed by atoms with Crippen molar-refractivity contribution in [3.63, 3.8) is 0 Å². The molecule has 7 nitrogen and oxygen atoms in total. The number of likely N-dealkylation sites (tertiary alicyclic amines) is 1. The Morgan fingerprint density at radius 1 is 1.17 bits per heavy atom. The molecule has 0 aromatic heterocycles. The van der Waals surface area contributed by atoms with Gasteiger partial charge in [-0.3, -0.25) is 10.8 Å². The molecule has 192 valence electrons. The van der Waals surface area contributed by atoms with Crippen LogP contribution in [0.15, 0.2) is 54.2 Å². The van der Waals surface area contributed by atoms with Crippen LogP contribution in [-0.2, 0) is 4.74 Å². The Balaban J connectivity index is 1.99. The Bertz CT molecular complexity index is 1130. The quantitative estimate of drug-likeness (QED) is 0.312. The Labute approximate surface area is 210 Å². The summed E-state index contributed by atoms with van der Waals surface area (Å²) in [5, 5.41) is 26.5. The lowest BCUT2D eigenvalue weighted by molar-refractivity contribution is -0.00355. The molecular formula is C27H32F2N4O3. The molecule has 0 aliphatic carbocycles. The van der Waals surface area contributed by atoms with Crippen molar-refractivity contribution >= 4 is 23.9 Å². The topological polar surface area (TPSA) is 92.9 Å². The summed E-state index contributed by atoms with van der Waals surface area (Å²) in [5.41, 5.74) is 2.54. The van der Waals surface area contributed by atoms with Crippen LogP contribution < -0.4 is 9.64 Å². The van der Waals surface area contributed by atoms with E-state index < -0.39 is 23.8 Å². The van der Waals surface area contributed by atoms with Crippen molar-refractivity contribution in [2.75, 3.05) is 32.3 Å². The van der Waals surface area contributed by atoms with Gasteiger partial charge in [0.1, 0.15) is 29.3 Å². The van der Waals surface area contributed by atoms with Crippen molar-refractivity contribution in [2.24, 2.45) is 0 Å². The van der Waals surface area contributed by atoms with E-state index in [9.17, 15) is 13.9 Å². The molecule has 0 spiro atoms. The van der Waals surface area contributed by atoms with E-state index >= 15 is 0 Å². The van der Waals surface area contributed by atoms with Crippen molar-refractivity contribution < 1.29 is 23.4 Å². The van der Waals surface area contributed by atoms with E-state index in [4.69, 9.17) is 20.3 Å². The number of allylic oxidation sites excluding steroid dienone is 1. The number of nitrogens with zero attached hydrogens (tertiary/aromatic N) is 2. The summed E-state index contributed by atoms with van der Waals surface area (Å²) < 4.78 is 39.1. The standard InChI is InChI=1S/C27H32F2N4O3/c1-4-9-32(17-30)23-8-7-18(12-24(23)35-2)11-19-6-5-10-33(27(19)31)26(25(16-34)36-3)20-13-21(28)15-22(29)14-20/h4,7-9,11-15,17,25-26,30-31,34H,5-6,10,16H2,1-3H3/b9-4+,19-11+,30-17?,31-27?/t25-,26+/m1/s1. The lowest BCUT2D eigenvalue weighted by atomic mass is 9.93. The Morgan fingerprint density at radius 2 is 1.89 bits per heavy atom. The molecule has 9 heteroatoms. The molecule has 36 heavy (non-hydrogen) atoms. The van der Waals surface area contributed by atoms with Gasteiger partial charge in [-0.05, 0) is 66.8 Å². The lowest BCUT2D eigenvalue weighted by Crippen LogP contribution is -2.45. The van der Waals surface area contributed by atoms with Crippen LogP contribution in [0.1, 0.15) is 36.9 Å². The summed E-state index contributed by atoms with van der Waals surface area (Å²) in [6, 6.07) is 8.02. The van der Waals surface area contributed by atoms with Gasteiger partial charge in [-0.25, -0.2) is 8.78 Å². The molecule has 0 saturated carbocycles. The number of halogens is 2. The lowest BCUT2D eigenvalue weighted by Gasteiger charge is -2.41. The van der Waals surface area contributed by atoms with Crippen LogP contribution in [0.2, 0.25) is 0 Å². The molecule has 2 aromatic rings. The number of nitrogens with one attached hydrogen (secondary N) is 2. The summed E-state index contributed by atoms with van der Waals surface area (Å²) in [4.78, 5) is 3.35. The van der Waals surface area contributed by atoms with Crippen LogP contribution in [0.5, 0.6) is 5.75 Å². The van der Waals surface area contributed by atoms with Crippen molar-refractivity contribution in [3.8, 4) is 5.75 Å². The third-order valence-corrected chi connectivity index (χ3v) is 6.11. The van der Waals surface area contributed by atoms with Gasteiger partial charge in [-0.2, -0.15) is 0 Å². The number of hydrogen-bond donors (Lipinski definition) is 3. The number of hydrogen-bond acceptors (Lipinski definition) is 5. The molecular weight excluding hydrogens is 466 g/mol. The fourth-order valence-corrected chi connectivity index (χ4v) is 4.47.